The Labute approximate surface area is 129 Å². The molecule has 1 N–H and O–H groups in total. The van der Waals surface area contributed by atoms with Gasteiger partial charge in [-0.25, -0.2) is 0 Å². The Morgan fingerprint density at radius 1 is 1.33 bits per heavy atom. The van der Waals surface area contributed by atoms with Crippen LogP contribution < -0.4 is 5.32 Å². The second kappa shape index (κ2) is 6.62. The molecule has 0 amide bonds. The van der Waals surface area contributed by atoms with Crippen molar-refractivity contribution in [2.45, 2.75) is 32.2 Å². The van der Waals surface area contributed by atoms with Crippen LogP contribution in [0.3, 0.4) is 0 Å². The van der Waals surface area contributed by atoms with Gasteiger partial charge in [-0.1, -0.05) is 36.3 Å². The molecule has 0 radical (unpaired) electrons. The van der Waals surface area contributed by atoms with Gasteiger partial charge >= 0.3 is 0 Å². The summed E-state index contributed by atoms with van der Waals surface area (Å²) in [7, 11) is 0. The standard InChI is InChI=1S/C16H21N3OS/c1-3-17-14-10-21-9-13(14)16-18-15(19-20-16)8-12-7-5-4-6-11(12)2/h4-7,13-14,17H,3,8-10H2,1-2H3. The van der Waals surface area contributed by atoms with Gasteiger partial charge in [-0.3, -0.25) is 0 Å². The summed E-state index contributed by atoms with van der Waals surface area (Å²) in [4.78, 5) is 4.63. The van der Waals surface area contributed by atoms with Gasteiger partial charge in [-0.2, -0.15) is 16.7 Å². The molecule has 4 nitrogen and oxygen atoms in total. The van der Waals surface area contributed by atoms with Gasteiger partial charge < -0.3 is 9.84 Å². The number of hydrogen-bond donors (Lipinski definition) is 1. The van der Waals surface area contributed by atoms with Crippen LogP contribution in [0.25, 0.3) is 0 Å². The second-order valence-corrected chi connectivity index (χ2v) is 6.54. The first-order valence-corrected chi connectivity index (χ1v) is 8.61. The summed E-state index contributed by atoms with van der Waals surface area (Å²) in [5.74, 6) is 4.09. The Bertz CT molecular complexity index is 599. The molecule has 2 unspecified atom stereocenters. The van der Waals surface area contributed by atoms with Gasteiger partial charge in [0.25, 0.3) is 0 Å². The molecule has 1 aromatic carbocycles. The molecule has 1 fully saturated rings. The molecule has 1 aliphatic rings. The third-order valence-corrected chi connectivity index (χ3v) is 5.15. The predicted octanol–water partition coefficient (Wildman–Crippen LogP) is 2.78. The van der Waals surface area contributed by atoms with Gasteiger partial charge in [0.15, 0.2) is 5.82 Å². The van der Waals surface area contributed by atoms with E-state index in [9.17, 15) is 0 Å². The van der Waals surface area contributed by atoms with E-state index in [0.717, 1.165) is 36.2 Å². The van der Waals surface area contributed by atoms with Gasteiger partial charge in [-0.05, 0) is 24.6 Å². The first kappa shape index (κ1) is 14.6. The number of aromatic nitrogens is 2. The molecule has 21 heavy (non-hydrogen) atoms. The summed E-state index contributed by atoms with van der Waals surface area (Å²) in [5.41, 5.74) is 2.53. The third-order valence-electron chi connectivity index (χ3n) is 3.96. The van der Waals surface area contributed by atoms with Gasteiger partial charge in [-0.15, -0.1) is 0 Å². The van der Waals surface area contributed by atoms with Gasteiger partial charge in [0.2, 0.25) is 5.89 Å². The Kier molecular flexibility index (Phi) is 4.60. The molecule has 0 spiro atoms. The number of thioether (sulfide) groups is 1. The van der Waals surface area contributed by atoms with E-state index < -0.39 is 0 Å². The van der Waals surface area contributed by atoms with Crippen LogP contribution in [0, 0.1) is 6.92 Å². The molecule has 1 aromatic heterocycles. The van der Waals surface area contributed by atoms with Crippen molar-refractivity contribution in [3.05, 3.63) is 47.1 Å². The van der Waals surface area contributed by atoms with Crippen molar-refractivity contribution in [1.29, 1.82) is 0 Å². The fourth-order valence-electron chi connectivity index (χ4n) is 2.73. The number of benzene rings is 1. The summed E-state index contributed by atoms with van der Waals surface area (Å²) < 4.78 is 5.52. The number of hydrogen-bond acceptors (Lipinski definition) is 5. The summed E-state index contributed by atoms with van der Waals surface area (Å²) in [6, 6.07) is 8.80. The molecule has 2 aromatic rings. The number of rotatable bonds is 5. The number of nitrogens with one attached hydrogen (secondary N) is 1. The van der Waals surface area contributed by atoms with Crippen molar-refractivity contribution in [3.63, 3.8) is 0 Å². The van der Waals surface area contributed by atoms with Crippen LogP contribution in [-0.2, 0) is 6.42 Å². The topological polar surface area (TPSA) is 51.0 Å². The molecule has 0 bridgehead atoms. The van der Waals surface area contributed by atoms with E-state index in [1.165, 1.54) is 11.1 Å². The molecular formula is C16H21N3OS. The van der Waals surface area contributed by atoms with Crippen LogP contribution in [0.1, 0.15) is 35.7 Å². The van der Waals surface area contributed by atoms with Crippen LogP contribution >= 0.6 is 11.8 Å². The van der Waals surface area contributed by atoms with Crippen LogP contribution in [-0.4, -0.2) is 34.2 Å². The Balaban J connectivity index is 1.73. The molecule has 2 atom stereocenters. The van der Waals surface area contributed by atoms with E-state index in [-0.39, 0.29) is 0 Å². The first-order chi connectivity index (χ1) is 10.3. The van der Waals surface area contributed by atoms with E-state index in [0.29, 0.717) is 12.0 Å². The highest BCUT2D eigenvalue weighted by Crippen LogP contribution is 2.32. The van der Waals surface area contributed by atoms with E-state index in [1.807, 2.05) is 11.8 Å². The molecule has 1 saturated heterocycles. The lowest BCUT2D eigenvalue weighted by molar-refractivity contribution is 0.338. The quantitative estimate of drug-likeness (QED) is 0.920. The Morgan fingerprint density at radius 2 is 2.19 bits per heavy atom. The lowest BCUT2D eigenvalue weighted by Gasteiger charge is -2.15. The fraction of sp³-hybridized carbons (Fsp3) is 0.500. The lowest BCUT2D eigenvalue weighted by Crippen LogP contribution is -2.34. The smallest absolute Gasteiger partial charge is 0.232 e. The molecule has 2 heterocycles. The number of nitrogens with zero attached hydrogens (tertiary/aromatic N) is 2. The van der Waals surface area contributed by atoms with E-state index in [1.54, 1.807) is 0 Å². The van der Waals surface area contributed by atoms with Crippen LogP contribution in [0.2, 0.25) is 0 Å². The van der Waals surface area contributed by atoms with Gasteiger partial charge in [0.1, 0.15) is 0 Å². The zero-order valence-electron chi connectivity index (χ0n) is 12.5. The monoisotopic (exact) mass is 303 g/mol. The normalized spacial score (nSPS) is 21.8. The molecule has 0 saturated carbocycles. The average Bonchev–Trinajstić information content (AvgIpc) is 3.11. The second-order valence-electron chi connectivity index (χ2n) is 5.46. The van der Waals surface area contributed by atoms with Gasteiger partial charge in [0, 0.05) is 24.0 Å². The Hall–Kier alpha value is -1.33. The van der Waals surface area contributed by atoms with Crippen molar-refractivity contribution >= 4 is 11.8 Å². The number of aryl methyl sites for hydroxylation is 1. The van der Waals surface area contributed by atoms with Crippen LogP contribution in [0.15, 0.2) is 28.8 Å². The number of likely N-dealkylation sites (N-methyl/N-ethyl adjacent to an activating group) is 1. The minimum atomic E-state index is 0.341. The minimum Gasteiger partial charge on any atom is -0.339 e. The van der Waals surface area contributed by atoms with Crippen molar-refractivity contribution in [1.82, 2.24) is 15.5 Å². The average molecular weight is 303 g/mol. The highest BCUT2D eigenvalue weighted by molar-refractivity contribution is 7.99. The van der Waals surface area contributed by atoms with Crippen molar-refractivity contribution in [2.24, 2.45) is 0 Å². The molecule has 3 rings (SSSR count). The maximum Gasteiger partial charge on any atom is 0.232 e. The summed E-state index contributed by atoms with van der Waals surface area (Å²) >= 11 is 1.95. The molecule has 112 valence electrons. The summed E-state index contributed by atoms with van der Waals surface area (Å²) in [6.07, 6.45) is 0.738. The predicted molar refractivity (Wildman–Crippen MR) is 85.8 cm³/mol. The highest BCUT2D eigenvalue weighted by atomic mass is 32.2. The SMILES string of the molecule is CCNC1CSCC1c1nc(Cc2ccccc2C)no1. The molecule has 1 aliphatic heterocycles. The van der Waals surface area contributed by atoms with Crippen LogP contribution in [0.4, 0.5) is 0 Å². The zero-order chi connectivity index (χ0) is 14.7. The Morgan fingerprint density at radius 3 is 3.00 bits per heavy atom. The van der Waals surface area contributed by atoms with Crippen molar-refractivity contribution in [2.75, 3.05) is 18.1 Å². The summed E-state index contributed by atoms with van der Waals surface area (Å²) in [6.45, 7) is 5.23. The van der Waals surface area contributed by atoms with Crippen molar-refractivity contribution < 1.29 is 4.52 Å². The van der Waals surface area contributed by atoms with Crippen molar-refractivity contribution in [3.8, 4) is 0 Å². The van der Waals surface area contributed by atoms with E-state index >= 15 is 0 Å². The minimum absolute atomic E-state index is 0.341. The largest absolute Gasteiger partial charge is 0.339 e. The zero-order valence-corrected chi connectivity index (χ0v) is 13.3. The maximum atomic E-state index is 5.52. The first-order valence-electron chi connectivity index (χ1n) is 7.46. The highest BCUT2D eigenvalue weighted by Gasteiger charge is 2.32. The van der Waals surface area contributed by atoms with E-state index in [2.05, 4.69) is 53.6 Å². The summed E-state index contributed by atoms with van der Waals surface area (Å²) in [5, 5.41) is 7.68. The molecule has 5 heteroatoms. The third kappa shape index (κ3) is 3.30. The maximum absolute atomic E-state index is 5.52. The van der Waals surface area contributed by atoms with Crippen LogP contribution in [0.5, 0.6) is 0 Å². The van der Waals surface area contributed by atoms with E-state index in [4.69, 9.17) is 4.52 Å². The molecule has 0 aliphatic carbocycles. The fourth-order valence-corrected chi connectivity index (χ4v) is 4.10. The lowest BCUT2D eigenvalue weighted by atomic mass is 10.0. The van der Waals surface area contributed by atoms with Gasteiger partial charge in [0.05, 0.1) is 5.92 Å². The molecular weight excluding hydrogens is 282 g/mol.